The van der Waals surface area contributed by atoms with Crippen molar-refractivity contribution in [1.29, 1.82) is 0 Å². The number of carbonyl (C=O) groups is 3. The van der Waals surface area contributed by atoms with Crippen molar-refractivity contribution in [3.05, 3.63) is 35.9 Å². The Morgan fingerprint density at radius 3 is 2.56 bits per heavy atom. The van der Waals surface area contributed by atoms with Crippen LogP contribution in [0.15, 0.2) is 30.3 Å². The summed E-state index contributed by atoms with van der Waals surface area (Å²) >= 11 is 0. The summed E-state index contributed by atoms with van der Waals surface area (Å²) in [5.74, 6) is -1.25. The fourth-order valence-electron chi connectivity index (χ4n) is 2.20. The Morgan fingerprint density at radius 2 is 2.00 bits per heavy atom. The van der Waals surface area contributed by atoms with Crippen molar-refractivity contribution in [1.82, 2.24) is 4.90 Å². The molecule has 1 aliphatic heterocycles. The van der Waals surface area contributed by atoms with E-state index in [1.807, 2.05) is 0 Å². The molecule has 0 aromatic heterocycles. The van der Waals surface area contributed by atoms with Crippen LogP contribution in [0.4, 0.5) is 0 Å². The third kappa shape index (κ3) is 1.93. The van der Waals surface area contributed by atoms with Crippen LogP contribution in [-0.2, 0) is 9.59 Å². The molecule has 1 fully saturated rings. The molecule has 1 saturated heterocycles. The van der Waals surface area contributed by atoms with E-state index in [1.54, 1.807) is 30.3 Å². The highest BCUT2D eigenvalue weighted by Gasteiger charge is 2.50. The standard InChI is InChI=1S/C13H13NO4/c15-7-6-10-11(14(8-16)13(10)18)12(17)9-4-2-1-3-5-9/h1-5,8,10-11,15H,6-7H2/t10-,11-/m0/s1. The Morgan fingerprint density at radius 1 is 1.33 bits per heavy atom. The zero-order valence-electron chi connectivity index (χ0n) is 9.65. The number of aliphatic hydroxyl groups excluding tert-OH is 1. The zero-order chi connectivity index (χ0) is 13.1. The minimum atomic E-state index is -0.774. The van der Waals surface area contributed by atoms with Crippen LogP contribution in [0.25, 0.3) is 0 Å². The highest BCUT2D eigenvalue weighted by Crippen LogP contribution is 2.30. The SMILES string of the molecule is O=CN1C(=O)[C@@H](CCO)[C@H]1C(=O)c1ccccc1. The molecule has 2 amide bonds. The summed E-state index contributed by atoms with van der Waals surface area (Å²) < 4.78 is 0. The number of rotatable bonds is 5. The Balaban J connectivity index is 2.22. The van der Waals surface area contributed by atoms with Gasteiger partial charge >= 0.3 is 0 Å². The summed E-state index contributed by atoms with van der Waals surface area (Å²) in [5.41, 5.74) is 0.463. The lowest BCUT2D eigenvalue weighted by atomic mass is 9.81. The number of ketones is 1. The van der Waals surface area contributed by atoms with E-state index in [-0.39, 0.29) is 18.8 Å². The fourth-order valence-corrected chi connectivity index (χ4v) is 2.20. The Hall–Kier alpha value is -2.01. The smallest absolute Gasteiger partial charge is 0.235 e. The first-order chi connectivity index (χ1) is 8.70. The minimum Gasteiger partial charge on any atom is -0.396 e. The number of aliphatic hydroxyl groups is 1. The molecule has 2 atom stereocenters. The van der Waals surface area contributed by atoms with E-state index in [2.05, 4.69) is 0 Å². The van der Waals surface area contributed by atoms with E-state index in [0.717, 1.165) is 4.90 Å². The molecule has 2 rings (SSSR count). The second kappa shape index (κ2) is 5.10. The number of imide groups is 1. The molecule has 5 heteroatoms. The van der Waals surface area contributed by atoms with Crippen molar-refractivity contribution in [2.45, 2.75) is 12.5 Å². The summed E-state index contributed by atoms with van der Waals surface area (Å²) in [7, 11) is 0. The van der Waals surface area contributed by atoms with Gasteiger partial charge < -0.3 is 5.11 Å². The van der Waals surface area contributed by atoms with Crippen LogP contribution < -0.4 is 0 Å². The van der Waals surface area contributed by atoms with Crippen molar-refractivity contribution < 1.29 is 19.5 Å². The molecule has 1 heterocycles. The summed E-state index contributed by atoms with van der Waals surface area (Å²) in [6.07, 6.45) is 0.578. The van der Waals surface area contributed by atoms with Gasteiger partial charge in [0.05, 0.1) is 5.92 Å². The van der Waals surface area contributed by atoms with Gasteiger partial charge in [0.15, 0.2) is 5.78 Å². The molecule has 5 nitrogen and oxygen atoms in total. The molecule has 18 heavy (non-hydrogen) atoms. The average Bonchev–Trinajstić information content (AvgIpc) is 2.42. The molecule has 1 N–H and O–H groups in total. The first-order valence-corrected chi connectivity index (χ1v) is 5.68. The number of Topliss-reactive ketones (excluding diaryl/α,β-unsaturated/α-hetero) is 1. The van der Waals surface area contributed by atoms with Crippen LogP contribution >= 0.6 is 0 Å². The summed E-state index contributed by atoms with van der Waals surface area (Å²) in [5, 5.41) is 8.88. The number of carbonyl (C=O) groups excluding carboxylic acids is 3. The van der Waals surface area contributed by atoms with Crippen molar-refractivity contribution in [3.8, 4) is 0 Å². The van der Waals surface area contributed by atoms with E-state index >= 15 is 0 Å². The van der Waals surface area contributed by atoms with Crippen molar-refractivity contribution in [3.63, 3.8) is 0 Å². The van der Waals surface area contributed by atoms with Gasteiger partial charge in [-0.25, -0.2) is 0 Å². The van der Waals surface area contributed by atoms with E-state index in [4.69, 9.17) is 5.11 Å². The summed E-state index contributed by atoms with van der Waals surface area (Å²) in [6.45, 7) is -0.179. The van der Waals surface area contributed by atoms with Crippen LogP contribution in [0.3, 0.4) is 0 Å². The van der Waals surface area contributed by atoms with E-state index in [0.29, 0.717) is 12.0 Å². The first kappa shape index (κ1) is 12.4. The predicted octanol–water partition coefficient (Wildman–Crippen LogP) is 0.235. The molecule has 0 aliphatic carbocycles. The highest BCUT2D eigenvalue weighted by atomic mass is 16.3. The number of hydrogen-bond acceptors (Lipinski definition) is 4. The molecule has 0 radical (unpaired) electrons. The molecule has 1 aliphatic rings. The second-order valence-electron chi connectivity index (χ2n) is 4.14. The van der Waals surface area contributed by atoms with Gasteiger partial charge in [-0.1, -0.05) is 30.3 Å². The molecule has 1 aromatic rings. The topological polar surface area (TPSA) is 74.7 Å². The van der Waals surface area contributed by atoms with Crippen LogP contribution in [-0.4, -0.2) is 40.8 Å². The number of amides is 2. The third-order valence-corrected chi connectivity index (χ3v) is 3.13. The van der Waals surface area contributed by atoms with Gasteiger partial charge in [-0.3, -0.25) is 19.3 Å². The van der Waals surface area contributed by atoms with Gasteiger partial charge in [-0.15, -0.1) is 0 Å². The molecule has 1 aromatic carbocycles. The number of nitrogens with zero attached hydrogens (tertiary/aromatic N) is 1. The normalized spacial score (nSPS) is 22.5. The van der Waals surface area contributed by atoms with Gasteiger partial charge in [0.2, 0.25) is 12.3 Å². The van der Waals surface area contributed by atoms with Gasteiger partial charge in [-0.05, 0) is 6.42 Å². The maximum atomic E-state index is 12.2. The lowest BCUT2D eigenvalue weighted by molar-refractivity contribution is -0.158. The van der Waals surface area contributed by atoms with E-state index in [9.17, 15) is 14.4 Å². The van der Waals surface area contributed by atoms with Gasteiger partial charge in [0.1, 0.15) is 6.04 Å². The molecular weight excluding hydrogens is 234 g/mol. The lowest BCUT2D eigenvalue weighted by Crippen LogP contribution is -2.63. The van der Waals surface area contributed by atoms with Gasteiger partial charge in [-0.2, -0.15) is 0 Å². The van der Waals surface area contributed by atoms with Gasteiger partial charge in [0.25, 0.3) is 0 Å². The van der Waals surface area contributed by atoms with Crippen molar-refractivity contribution in [2.24, 2.45) is 5.92 Å². The third-order valence-electron chi connectivity index (χ3n) is 3.13. The largest absolute Gasteiger partial charge is 0.396 e. The fraction of sp³-hybridized carbons (Fsp3) is 0.308. The second-order valence-corrected chi connectivity index (χ2v) is 4.14. The summed E-state index contributed by atoms with van der Waals surface area (Å²) in [4.78, 5) is 35.4. The number of β-lactam (4-membered cyclic amide) rings is 1. The highest BCUT2D eigenvalue weighted by molar-refractivity contribution is 6.11. The Bertz CT molecular complexity index is 471. The lowest BCUT2D eigenvalue weighted by Gasteiger charge is -2.42. The number of likely N-dealkylation sites (tertiary alicyclic amines) is 1. The van der Waals surface area contributed by atoms with Crippen LogP contribution in [0, 0.1) is 5.92 Å². The monoisotopic (exact) mass is 247 g/mol. The Kier molecular flexibility index (Phi) is 3.53. The van der Waals surface area contributed by atoms with E-state index < -0.39 is 17.9 Å². The van der Waals surface area contributed by atoms with Crippen LogP contribution in [0.5, 0.6) is 0 Å². The Labute approximate surface area is 104 Å². The molecule has 0 spiro atoms. The molecule has 94 valence electrons. The van der Waals surface area contributed by atoms with Crippen molar-refractivity contribution >= 4 is 18.1 Å². The quantitative estimate of drug-likeness (QED) is 0.459. The number of hydrogen-bond donors (Lipinski definition) is 1. The van der Waals surface area contributed by atoms with E-state index in [1.165, 1.54) is 0 Å². The molecular formula is C13H13NO4. The van der Waals surface area contributed by atoms with Crippen molar-refractivity contribution in [2.75, 3.05) is 6.61 Å². The first-order valence-electron chi connectivity index (χ1n) is 5.68. The minimum absolute atomic E-state index is 0.179. The molecule has 0 unspecified atom stereocenters. The number of benzene rings is 1. The maximum Gasteiger partial charge on any atom is 0.235 e. The summed E-state index contributed by atoms with van der Waals surface area (Å²) in [6, 6.07) is 7.74. The zero-order valence-corrected chi connectivity index (χ0v) is 9.65. The maximum absolute atomic E-state index is 12.2. The predicted molar refractivity (Wildman–Crippen MR) is 62.7 cm³/mol. The molecule has 0 bridgehead atoms. The average molecular weight is 247 g/mol. The van der Waals surface area contributed by atoms with Crippen LogP contribution in [0.1, 0.15) is 16.8 Å². The van der Waals surface area contributed by atoms with Crippen LogP contribution in [0.2, 0.25) is 0 Å². The molecule has 0 saturated carbocycles. The van der Waals surface area contributed by atoms with Gasteiger partial charge in [0, 0.05) is 12.2 Å².